The van der Waals surface area contributed by atoms with Crippen molar-refractivity contribution in [3.8, 4) is 5.75 Å². The van der Waals surface area contributed by atoms with E-state index in [1.54, 1.807) is 7.11 Å². The second-order valence-corrected chi connectivity index (χ2v) is 8.80. The summed E-state index contributed by atoms with van der Waals surface area (Å²) in [5.74, 6) is 1.39. The van der Waals surface area contributed by atoms with Crippen molar-refractivity contribution in [3.63, 3.8) is 0 Å². The molecule has 0 bridgehead atoms. The Kier molecular flexibility index (Phi) is 5.61. The van der Waals surface area contributed by atoms with E-state index < -0.39 is 0 Å². The zero-order valence-corrected chi connectivity index (χ0v) is 18.4. The van der Waals surface area contributed by atoms with E-state index in [1.165, 1.54) is 14.8 Å². The van der Waals surface area contributed by atoms with Gasteiger partial charge in [0.2, 0.25) is 0 Å². The fraction of sp³-hybridized carbons (Fsp3) is 0.409. The van der Waals surface area contributed by atoms with E-state index >= 15 is 0 Å². The summed E-state index contributed by atoms with van der Waals surface area (Å²) in [6.45, 7) is 10.2. The first kappa shape index (κ1) is 19.2. The number of anilines is 1. The summed E-state index contributed by atoms with van der Waals surface area (Å²) in [4.78, 5) is 7.14. The van der Waals surface area contributed by atoms with Gasteiger partial charge in [-0.1, -0.05) is 6.92 Å². The first-order valence-electron chi connectivity index (χ1n) is 9.15. The standard InChI is InChI=1S/C22H27IN2O/c1-6-25-20-12-21(26-5)16(11-19(20)15(2)13-22(25,3)4)14-24-18-9-7-17(23)8-10-18/h7-12,14-15H,6,13H2,1-5H3. The Morgan fingerprint density at radius 1 is 1.27 bits per heavy atom. The number of hydrogen-bond donors (Lipinski definition) is 0. The third kappa shape index (κ3) is 3.75. The van der Waals surface area contributed by atoms with Crippen LogP contribution in [0, 0.1) is 3.57 Å². The lowest BCUT2D eigenvalue weighted by molar-refractivity contribution is 0.377. The number of halogens is 1. The highest BCUT2D eigenvalue weighted by atomic mass is 127. The third-order valence-corrected chi connectivity index (χ3v) is 5.95. The molecule has 0 amide bonds. The lowest BCUT2D eigenvalue weighted by atomic mass is 9.79. The summed E-state index contributed by atoms with van der Waals surface area (Å²) in [5.41, 5.74) is 4.82. The van der Waals surface area contributed by atoms with Crippen molar-refractivity contribution < 1.29 is 4.74 Å². The fourth-order valence-electron chi connectivity index (χ4n) is 4.07. The minimum absolute atomic E-state index is 0.156. The van der Waals surface area contributed by atoms with E-state index in [0.29, 0.717) is 5.92 Å². The van der Waals surface area contributed by atoms with Crippen molar-refractivity contribution in [1.82, 2.24) is 0 Å². The summed E-state index contributed by atoms with van der Waals surface area (Å²) < 4.78 is 6.91. The van der Waals surface area contributed by atoms with Gasteiger partial charge in [0.05, 0.1) is 12.8 Å². The second kappa shape index (κ2) is 7.59. The van der Waals surface area contributed by atoms with Crippen molar-refractivity contribution in [3.05, 3.63) is 51.1 Å². The molecular formula is C22H27IN2O. The first-order valence-corrected chi connectivity index (χ1v) is 10.2. The van der Waals surface area contributed by atoms with Gasteiger partial charge in [0.25, 0.3) is 0 Å². The molecule has 3 nitrogen and oxygen atoms in total. The van der Waals surface area contributed by atoms with Crippen LogP contribution in [0.4, 0.5) is 11.4 Å². The van der Waals surface area contributed by atoms with Gasteiger partial charge >= 0.3 is 0 Å². The SMILES string of the molecule is CCN1c2cc(OC)c(C=Nc3ccc(I)cc3)cc2C(C)CC1(C)C. The van der Waals surface area contributed by atoms with Crippen LogP contribution >= 0.6 is 22.6 Å². The molecule has 2 aromatic carbocycles. The van der Waals surface area contributed by atoms with Crippen LogP contribution < -0.4 is 9.64 Å². The first-order chi connectivity index (χ1) is 12.4. The number of benzene rings is 2. The Labute approximate surface area is 170 Å². The van der Waals surface area contributed by atoms with Crippen LogP contribution in [0.5, 0.6) is 5.75 Å². The highest BCUT2D eigenvalue weighted by Crippen LogP contribution is 2.45. The summed E-state index contributed by atoms with van der Waals surface area (Å²) in [7, 11) is 1.73. The Morgan fingerprint density at radius 3 is 2.58 bits per heavy atom. The molecule has 0 radical (unpaired) electrons. The number of nitrogens with zero attached hydrogens (tertiary/aromatic N) is 2. The number of fused-ring (bicyclic) bond motifs is 1. The van der Waals surface area contributed by atoms with Gasteiger partial charge in [0.15, 0.2) is 0 Å². The van der Waals surface area contributed by atoms with Crippen LogP contribution in [-0.2, 0) is 0 Å². The second-order valence-electron chi connectivity index (χ2n) is 7.55. The molecule has 4 heteroatoms. The topological polar surface area (TPSA) is 24.8 Å². The molecule has 1 aliphatic heterocycles. The Bertz CT molecular complexity index is 812. The van der Waals surface area contributed by atoms with Gasteiger partial charge in [-0.15, -0.1) is 0 Å². The maximum Gasteiger partial charge on any atom is 0.129 e. The highest BCUT2D eigenvalue weighted by molar-refractivity contribution is 14.1. The fourth-order valence-corrected chi connectivity index (χ4v) is 4.43. The van der Waals surface area contributed by atoms with Gasteiger partial charge in [0.1, 0.15) is 5.75 Å². The van der Waals surface area contributed by atoms with Crippen molar-refractivity contribution in [1.29, 1.82) is 0 Å². The predicted molar refractivity (Wildman–Crippen MR) is 120 cm³/mol. The molecule has 0 saturated heterocycles. The molecule has 2 aromatic rings. The summed E-state index contributed by atoms with van der Waals surface area (Å²) >= 11 is 2.31. The number of methoxy groups -OCH3 is 1. The van der Waals surface area contributed by atoms with E-state index in [-0.39, 0.29) is 5.54 Å². The molecule has 138 valence electrons. The van der Waals surface area contributed by atoms with Crippen LogP contribution in [-0.4, -0.2) is 25.4 Å². The molecule has 1 unspecified atom stereocenters. The van der Waals surface area contributed by atoms with Gasteiger partial charge in [-0.05, 0) is 91.6 Å². The molecular weight excluding hydrogens is 435 g/mol. The van der Waals surface area contributed by atoms with E-state index in [0.717, 1.165) is 30.0 Å². The highest BCUT2D eigenvalue weighted by Gasteiger charge is 2.36. The number of rotatable bonds is 4. The van der Waals surface area contributed by atoms with Crippen LogP contribution in [0.25, 0.3) is 0 Å². The monoisotopic (exact) mass is 462 g/mol. The normalized spacial score (nSPS) is 18.8. The molecule has 0 fully saturated rings. The number of ether oxygens (including phenoxy) is 1. The molecule has 1 aliphatic rings. The van der Waals surface area contributed by atoms with Crippen molar-refractivity contribution in [2.45, 2.75) is 45.6 Å². The van der Waals surface area contributed by atoms with E-state index in [4.69, 9.17) is 4.74 Å². The zero-order valence-electron chi connectivity index (χ0n) is 16.2. The molecule has 0 aromatic heterocycles. The largest absolute Gasteiger partial charge is 0.496 e. The van der Waals surface area contributed by atoms with E-state index in [2.05, 4.69) is 84.4 Å². The summed E-state index contributed by atoms with van der Waals surface area (Å²) in [5, 5.41) is 0. The zero-order chi connectivity index (χ0) is 18.9. The summed E-state index contributed by atoms with van der Waals surface area (Å²) in [6, 6.07) is 12.7. The van der Waals surface area contributed by atoms with Gasteiger partial charge < -0.3 is 9.64 Å². The smallest absolute Gasteiger partial charge is 0.129 e. The average molecular weight is 462 g/mol. The van der Waals surface area contributed by atoms with Gasteiger partial charge in [-0.3, -0.25) is 4.99 Å². The van der Waals surface area contributed by atoms with Gasteiger partial charge in [-0.25, -0.2) is 0 Å². The molecule has 3 rings (SSSR count). The maximum absolute atomic E-state index is 5.70. The molecule has 1 heterocycles. The average Bonchev–Trinajstić information content (AvgIpc) is 2.60. The minimum Gasteiger partial charge on any atom is -0.496 e. The Morgan fingerprint density at radius 2 is 1.96 bits per heavy atom. The van der Waals surface area contributed by atoms with Crippen molar-refractivity contribution >= 4 is 40.2 Å². The minimum atomic E-state index is 0.156. The lowest BCUT2D eigenvalue weighted by Crippen LogP contribution is -2.48. The van der Waals surface area contributed by atoms with Gasteiger partial charge in [0, 0.05) is 39.2 Å². The molecule has 0 saturated carbocycles. The number of hydrogen-bond acceptors (Lipinski definition) is 3. The predicted octanol–water partition coefficient (Wildman–Crippen LogP) is 6.16. The Hall–Kier alpha value is -1.56. The van der Waals surface area contributed by atoms with Crippen LogP contribution in [0.3, 0.4) is 0 Å². The van der Waals surface area contributed by atoms with Crippen LogP contribution in [0.15, 0.2) is 41.4 Å². The van der Waals surface area contributed by atoms with Crippen molar-refractivity contribution in [2.24, 2.45) is 4.99 Å². The molecule has 0 aliphatic carbocycles. The molecule has 0 spiro atoms. The van der Waals surface area contributed by atoms with E-state index in [9.17, 15) is 0 Å². The van der Waals surface area contributed by atoms with Crippen molar-refractivity contribution in [2.75, 3.05) is 18.6 Å². The lowest BCUT2D eigenvalue weighted by Gasteiger charge is -2.47. The molecule has 0 N–H and O–H groups in total. The van der Waals surface area contributed by atoms with Crippen LogP contribution in [0.2, 0.25) is 0 Å². The third-order valence-electron chi connectivity index (χ3n) is 5.23. The quantitative estimate of drug-likeness (QED) is 0.402. The summed E-state index contributed by atoms with van der Waals surface area (Å²) in [6.07, 6.45) is 3.07. The molecule has 1 atom stereocenters. The maximum atomic E-state index is 5.70. The van der Waals surface area contributed by atoms with Gasteiger partial charge in [-0.2, -0.15) is 0 Å². The molecule has 26 heavy (non-hydrogen) atoms. The Balaban J connectivity index is 2.03. The van der Waals surface area contributed by atoms with E-state index in [1.807, 2.05) is 18.3 Å². The van der Waals surface area contributed by atoms with Crippen LogP contribution in [0.1, 0.15) is 51.2 Å². The number of aliphatic imine (C=N–C) groups is 1.